The van der Waals surface area contributed by atoms with Crippen LogP contribution >= 0.6 is 0 Å². The number of hydrogen-bond acceptors (Lipinski definition) is 3. The highest BCUT2D eigenvalue weighted by atomic mass is 16.6. The Morgan fingerprint density at radius 3 is 2.60 bits per heavy atom. The first-order chi connectivity index (χ1) is 7.07. The molecule has 5 heteroatoms. The third kappa shape index (κ3) is 2.67. The summed E-state index contributed by atoms with van der Waals surface area (Å²) in [7, 11) is 0. The van der Waals surface area contributed by atoms with Crippen molar-refractivity contribution >= 4 is 5.97 Å². The molecule has 0 radical (unpaired) electrons. The first-order valence-electron chi connectivity index (χ1n) is 5.44. The predicted octanol–water partition coefficient (Wildman–Crippen LogP) is 1.93. The molecule has 0 saturated heterocycles. The van der Waals surface area contributed by atoms with Gasteiger partial charge in [0, 0.05) is 17.3 Å². The van der Waals surface area contributed by atoms with Crippen molar-refractivity contribution in [3.05, 3.63) is 10.1 Å². The monoisotopic (exact) mass is 215 g/mol. The molecule has 3 atom stereocenters. The molecule has 15 heavy (non-hydrogen) atoms. The minimum atomic E-state index is -0.892. The molecule has 0 aromatic carbocycles. The van der Waals surface area contributed by atoms with E-state index in [0.29, 0.717) is 19.3 Å². The van der Waals surface area contributed by atoms with Crippen LogP contribution in [0.3, 0.4) is 0 Å². The Hall–Kier alpha value is -1.13. The highest BCUT2D eigenvalue weighted by Gasteiger charge is 2.41. The van der Waals surface area contributed by atoms with Gasteiger partial charge in [-0.25, -0.2) is 0 Å². The number of nitro groups is 1. The average molecular weight is 215 g/mol. The molecule has 1 saturated carbocycles. The maximum Gasteiger partial charge on any atom is 0.307 e. The van der Waals surface area contributed by atoms with Gasteiger partial charge in [0.1, 0.15) is 0 Å². The van der Waals surface area contributed by atoms with Crippen LogP contribution in [0, 0.1) is 22.0 Å². The van der Waals surface area contributed by atoms with Crippen molar-refractivity contribution in [3.8, 4) is 0 Å². The molecule has 1 N–H and O–H groups in total. The Balaban J connectivity index is 2.78. The summed E-state index contributed by atoms with van der Waals surface area (Å²) in [5.41, 5.74) is 0. The summed E-state index contributed by atoms with van der Waals surface area (Å²) in [5.74, 6) is -1.73. The molecular formula is C10H17NO4. The van der Waals surface area contributed by atoms with Gasteiger partial charge in [0.2, 0.25) is 6.04 Å². The van der Waals surface area contributed by atoms with Gasteiger partial charge in [0.25, 0.3) is 0 Å². The van der Waals surface area contributed by atoms with Crippen molar-refractivity contribution in [2.75, 3.05) is 0 Å². The second kappa shape index (κ2) is 5.09. The minimum absolute atomic E-state index is 0.281. The highest BCUT2D eigenvalue weighted by Crippen LogP contribution is 2.33. The maximum absolute atomic E-state index is 11.0. The normalized spacial score (nSPS) is 28.3. The molecule has 1 rings (SSSR count). The zero-order valence-corrected chi connectivity index (χ0v) is 8.89. The minimum Gasteiger partial charge on any atom is -0.481 e. The van der Waals surface area contributed by atoms with Crippen LogP contribution in [0.25, 0.3) is 0 Å². The van der Waals surface area contributed by atoms with Crippen molar-refractivity contribution in [2.24, 2.45) is 11.8 Å². The lowest BCUT2D eigenvalue weighted by molar-refractivity contribution is -0.537. The molecule has 0 aromatic heterocycles. The molecule has 0 amide bonds. The van der Waals surface area contributed by atoms with Gasteiger partial charge < -0.3 is 5.11 Å². The first kappa shape index (κ1) is 11.9. The van der Waals surface area contributed by atoms with Gasteiger partial charge in [-0.15, -0.1) is 0 Å². The lowest BCUT2D eigenvalue weighted by atomic mass is 9.75. The van der Waals surface area contributed by atoms with E-state index < -0.39 is 17.9 Å². The van der Waals surface area contributed by atoms with E-state index in [1.54, 1.807) is 6.92 Å². The van der Waals surface area contributed by atoms with Gasteiger partial charge in [-0.1, -0.05) is 13.3 Å². The molecular weight excluding hydrogens is 198 g/mol. The van der Waals surface area contributed by atoms with Gasteiger partial charge in [0.05, 0.1) is 5.92 Å². The summed E-state index contributed by atoms with van der Waals surface area (Å²) in [5, 5.41) is 19.8. The zero-order chi connectivity index (χ0) is 11.4. The number of carboxylic acids is 1. The topological polar surface area (TPSA) is 80.4 Å². The van der Waals surface area contributed by atoms with Crippen LogP contribution < -0.4 is 0 Å². The zero-order valence-electron chi connectivity index (χ0n) is 8.89. The second-order valence-corrected chi connectivity index (χ2v) is 4.15. The Bertz CT molecular complexity index is 238. The van der Waals surface area contributed by atoms with E-state index in [0.717, 1.165) is 12.8 Å². The lowest BCUT2D eigenvalue weighted by Crippen LogP contribution is -2.39. The number of carboxylic acid groups (broad SMARTS) is 1. The van der Waals surface area contributed by atoms with Crippen molar-refractivity contribution in [1.82, 2.24) is 0 Å². The quantitative estimate of drug-likeness (QED) is 0.574. The summed E-state index contributed by atoms with van der Waals surface area (Å²) in [4.78, 5) is 21.5. The fourth-order valence-electron chi connectivity index (χ4n) is 2.53. The summed E-state index contributed by atoms with van der Waals surface area (Å²) in [6.07, 6.45) is 3.44. The first-order valence-corrected chi connectivity index (χ1v) is 5.44. The van der Waals surface area contributed by atoms with Crippen LogP contribution in [0.2, 0.25) is 0 Å². The van der Waals surface area contributed by atoms with Crippen molar-refractivity contribution in [1.29, 1.82) is 0 Å². The lowest BCUT2D eigenvalue weighted by Gasteiger charge is -2.29. The molecule has 5 nitrogen and oxygen atoms in total. The van der Waals surface area contributed by atoms with E-state index in [2.05, 4.69) is 0 Å². The molecule has 0 heterocycles. The van der Waals surface area contributed by atoms with Crippen molar-refractivity contribution < 1.29 is 14.8 Å². The van der Waals surface area contributed by atoms with Crippen LogP contribution in [0.4, 0.5) is 0 Å². The van der Waals surface area contributed by atoms with E-state index >= 15 is 0 Å². The van der Waals surface area contributed by atoms with E-state index in [-0.39, 0.29) is 10.8 Å². The molecule has 1 aliphatic rings. The van der Waals surface area contributed by atoms with Crippen molar-refractivity contribution in [3.63, 3.8) is 0 Å². The largest absolute Gasteiger partial charge is 0.481 e. The van der Waals surface area contributed by atoms with E-state index in [1.165, 1.54) is 0 Å². The SMILES string of the molecule is CCC(C(=O)O)C1CCCCC1[N+](=O)[O-]. The Morgan fingerprint density at radius 2 is 2.13 bits per heavy atom. The molecule has 1 fully saturated rings. The molecule has 3 unspecified atom stereocenters. The molecule has 0 aromatic rings. The van der Waals surface area contributed by atoms with Crippen LogP contribution in [0.1, 0.15) is 39.0 Å². The third-order valence-corrected chi connectivity index (χ3v) is 3.33. The number of nitrogens with zero attached hydrogens (tertiary/aromatic N) is 1. The molecule has 1 aliphatic carbocycles. The van der Waals surface area contributed by atoms with E-state index in [4.69, 9.17) is 5.11 Å². The summed E-state index contributed by atoms with van der Waals surface area (Å²) < 4.78 is 0. The van der Waals surface area contributed by atoms with Gasteiger partial charge in [-0.2, -0.15) is 0 Å². The number of carbonyl (C=O) groups is 1. The molecule has 0 spiro atoms. The van der Waals surface area contributed by atoms with Crippen LogP contribution in [-0.4, -0.2) is 22.0 Å². The number of aliphatic carboxylic acids is 1. The summed E-state index contributed by atoms with van der Waals surface area (Å²) in [6, 6.07) is -0.653. The van der Waals surface area contributed by atoms with E-state index in [1.807, 2.05) is 0 Å². The van der Waals surface area contributed by atoms with Gasteiger partial charge in [0.15, 0.2) is 0 Å². The average Bonchev–Trinajstić information content (AvgIpc) is 2.18. The highest BCUT2D eigenvalue weighted by molar-refractivity contribution is 5.70. The standard InChI is InChI=1S/C10H17NO4/c1-2-7(10(12)13)8-5-3-4-6-9(8)11(14)15/h7-9H,2-6H2,1H3,(H,12,13). The summed E-state index contributed by atoms with van der Waals surface area (Å²) >= 11 is 0. The Kier molecular flexibility index (Phi) is 4.05. The van der Waals surface area contributed by atoms with Gasteiger partial charge in [-0.05, 0) is 19.3 Å². The fraction of sp³-hybridized carbons (Fsp3) is 0.900. The maximum atomic E-state index is 11.0. The smallest absolute Gasteiger partial charge is 0.307 e. The molecule has 0 bridgehead atoms. The van der Waals surface area contributed by atoms with Crippen LogP contribution in [0.15, 0.2) is 0 Å². The summed E-state index contributed by atoms with van der Waals surface area (Å²) in [6.45, 7) is 1.78. The second-order valence-electron chi connectivity index (χ2n) is 4.15. The predicted molar refractivity (Wildman–Crippen MR) is 54.2 cm³/mol. The fourth-order valence-corrected chi connectivity index (χ4v) is 2.53. The van der Waals surface area contributed by atoms with Gasteiger partial charge >= 0.3 is 5.97 Å². The van der Waals surface area contributed by atoms with Gasteiger partial charge in [-0.3, -0.25) is 14.9 Å². The number of hydrogen-bond donors (Lipinski definition) is 1. The number of rotatable bonds is 4. The molecule has 86 valence electrons. The third-order valence-electron chi connectivity index (χ3n) is 3.33. The van der Waals surface area contributed by atoms with Crippen LogP contribution in [0.5, 0.6) is 0 Å². The van der Waals surface area contributed by atoms with E-state index in [9.17, 15) is 14.9 Å². The Labute approximate surface area is 88.6 Å². The van der Waals surface area contributed by atoms with Crippen LogP contribution in [-0.2, 0) is 4.79 Å². The molecule has 0 aliphatic heterocycles. The van der Waals surface area contributed by atoms with Crippen molar-refractivity contribution in [2.45, 2.75) is 45.1 Å². The Morgan fingerprint density at radius 1 is 1.53 bits per heavy atom.